The van der Waals surface area contributed by atoms with Gasteiger partial charge in [-0.25, -0.2) is 4.98 Å². The standard InChI is InChI=1S/C19H23ClN4O2/c1-3-23-8-10-24(11-9-23)15-5-6-17(21-13-15)19(25)22-14-4-7-18(26-2)16(20)12-14/h4-7,12-13H,3,8-11H2,1-2H3,(H,22,25). The molecule has 1 saturated heterocycles. The number of nitrogens with zero attached hydrogens (tertiary/aromatic N) is 3. The zero-order chi connectivity index (χ0) is 18.5. The van der Waals surface area contributed by atoms with E-state index in [1.54, 1.807) is 37.6 Å². The zero-order valence-corrected chi connectivity index (χ0v) is 15.8. The van der Waals surface area contributed by atoms with Crippen molar-refractivity contribution in [3.05, 3.63) is 47.2 Å². The van der Waals surface area contributed by atoms with E-state index < -0.39 is 0 Å². The van der Waals surface area contributed by atoms with Gasteiger partial charge in [0.1, 0.15) is 11.4 Å². The fraction of sp³-hybridized carbons (Fsp3) is 0.368. The number of hydrogen-bond acceptors (Lipinski definition) is 5. The second-order valence-corrected chi connectivity index (χ2v) is 6.53. The smallest absolute Gasteiger partial charge is 0.274 e. The highest BCUT2D eigenvalue weighted by atomic mass is 35.5. The van der Waals surface area contributed by atoms with Crippen molar-refractivity contribution in [3.8, 4) is 5.75 Å². The normalized spacial score (nSPS) is 15.0. The summed E-state index contributed by atoms with van der Waals surface area (Å²) < 4.78 is 5.11. The third-order valence-corrected chi connectivity index (χ3v) is 4.87. The molecule has 1 fully saturated rings. The number of anilines is 2. The van der Waals surface area contributed by atoms with Gasteiger partial charge in [-0.2, -0.15) is 0 Å². The van der Waals surface area contributed by atoms with Crippen LogP contribution in [0.25, 0.3) is 0 Å². The molecule has 0 aliphatic carbocycles. The quantitative estimate of drug-likeness (QED) is 0.871. The lowest BCUT2D eigenvalue weighted by Crippen LogP contribution is -2.46. The van der Waals surface area contributed by atoms with Crippen LogP contribution < -0.4 is 15.0 Å². The molecule has 1 aliphatic rings. The Morgan fingerprint density at radius 1 is 1.23 bits per heavy atom. The second-order valence-electron chi connectivity index (χ2n) is 6.13. The summed E-state index contributed by atoms with van der Waals surface area (Å²) in [6.07, 6.45) is 1.76. The number of likely N-dealkylation sites (N-methyl/N-ethyl adjacent to an activating group) is 1. The number of methoxy groups -OCH3 is 1. The van der Waals surface area contributed by atoms with Crippen LogP contribution in [0.1, 0.15) is 17.4 Å². The van der Waals surface area contributed by atoms with Crippen LogP contribution in [0, 0.1) is 0 Å². The van der Waals surface area contributed by atoms with Gasteiger partial charge in [0, 0.05) is 31.9 Å². The largest absolute Gasteiger partial charge is 0.495 e. The molecule has 1 N–H and O–H groups in total. The van der Waals surface area contributed by atoms with Crippen LogP contribution >= 0.6 is 11.6 Å². The Labute approximate surface area is 158 Å². The summed E-state index contributed by atoms with van der Waals surface area (Å²) in [7, 11) is 1.55. The van der Waals surface area contributed by atoms with Crippen LogP contribution in [0.4, 0.5) is 11.4 Å². The maximum Gasteiger partial charge on any atom is 0.274 e. The van der Waals surface area contributed by atoms with Crippen LogP contribution in [0.15, 0.2) is 36.5 Å². The molecule has 1 amide bonds. The predicted octanol–water partition coefficient (Wildman–Crippen LogP) is 3.14. The molecule has 26 heavy (non-hydrogen) atoms. The Balaban J connectivity index is 1.63. The number of benzene rings is 1. The summed E-state index contributed by atoms with van der Waals surface area (Å²) >= 11 is 6.09. The van der Waals surface area contributed by atoms with Crippen molar-refractivity contribution in [1.82, 2.24) is 9.88 Å². The van der Waals surface area contributed by atoms with E-state index in [9.17, 15) is 4.79 Å². The van der Waals surface area contributed by atoms with E-state index in [4.69, 9.17) is 16.3 Å². The average Bonchev–Trinajstić information content (AvgIpc) is 2.68. The molecule has 1 aromatic heterocycles. The highest BCUT2D eigenvalue weighted by molar-refractivity contribution is 6.32. The van der Waals surface area contributed by atoms with Crippen molar-refractivity contribution < 1.29 is 9.53 Å². The van der Waals surface area contributed by atoms with Crippen molar-refractivity contribution in [3.63, 3.8) is 0 Å². The van der Waals surface area contributed by atoms with E-state index in [1.807, 2.05) is 6.07 Å². The molecule has 0 radical (unpaired) electrons. The number of pyridine rings is 1. The average molecular weight is 375 g/mol. The predicted molar refractivity (Wildman–Crippen MR) is 105 cm³/mol. The van der Waals surface area contributed by atoms with Crippen molar-refractivity contribution in [2.75, 3.05) is 50.1 Å². The molecular formula is C19H23ClN4O2. The molecule has 3 rings (SSSR count). The minimum Gasteiger partial charge on any atom is -0.495 e. The minimum absolute atomic E-state index is 0.270. The van der Waals surface area contributed by atoms with Gasteiger partial charge in [0.15, 0.2) is 0 Å². The van der Waals surface area contributed by atoms with Crippen LogP contribution in [0.2, 0.25) is 5.02 Å². The molecule has 0 atom stereocenters. The van der Waals surface area contributed by atoms with Crippen molar-refractivity contribution >= 4 is 28.9 Å². The number of hydrogen-bond donors (Lipinski definition) is 1. The number of piperazine rings is 1. The number of ether oxygens (including phenoxy) is 1. The molecule has 0 unspecified atom stereocenters. The Kier molecular flexibility index (Phi) is 5.96. The maximum absolute atomic E-state index is 12.4. The molecule has 1 aliphatic heterocycles. The fourth-order valence-corrected chi connectivity index (χ4v) is 3.23. The maximum atomic E-state index is 12.4. The summed E-state index contributed by atoms with van der Waals surface area (Å²) in [6, 6.07) is 8.81. The van der Waals surface area contributed by atoms with Gasteiger partial charge in [-0.3, -0.25) is 4.79 Å². The van der Waals surface area contributed by atoms with Gasteiger partial charge in [-0.1, -0.05) is 18.5 Å². The molecule has 0 spiro atoms. The monoisotopic (exact) mass is 374 g/mol. The molecule has 6 nitrogen and oxygen atoms in total. The lowest BCUT2D eigenvalue weighted by atomic mass is 10.2. The Hall–Kier alpha value is -2.31. The van der Waals surface area contributed by atoms with Crippen LogP contribution in [-0.2, 0) is 0 Å². The van der Waals surface area contributed by atoms with Gasteiger partial charge < -0.3 is 19.9 Å². The van der Waals surface area contributed by atoms with Crippen LogP contribution in [-0.4, -0.2) is 55.6 Å². The van der Waals surface area contributed by atoms with Crippen molar-refractivity contribution in [1.29, 1.82) is 0 Å². The summed E-state index contributed by atoms with van der Waals surface area (Å²) in [5.41, 5.74) is 2.01. The molecule has 1 aromatic carbocycles. The summed E-state index contributed by atoms with van der Waals surface area (Å²) in [5.74, 6) is 0.295. The third-order valence-electron chi connectivity index (χ3n) is 4.57. The Bertz CT molecular complexity index is 759. The van der Waals surface area contributed by atoms with E-state index in [2.05, 4.69) is 27.0 Å². The number of carbonyl (C=O) groups is 1. The number of rotatable bonds is 5. The second kappa shape index (κ2) is 8.38. The topological polar surface area (TPSA) is 57.7 Å². The molecule has 0 saturated carbocycles. The van der Waals surface area contributed by atoms with E-state index in [0.717, 1.165) is 38.4 Å². The first-order valence-corrected chi connectivity index (χ1v) is 9.06. The number of halogens is 1. The SMILES string of the molecule is CCN1CCN(c2ccc(C(=O)Nc3ccc(OC)c(Cl)c3)nc2)CC1. The van der Waals surface area contributed by atoms with Gasteiger partial charge in [0.25, 0.3) is 5.91 Å². The number of carbonyl (C=O) groups excluding carboxylic acids is 1. The fourth-order valence-electron chi connectivity index (χ4n) is 2.97. The molecule has 2 heterocycles. The van der Waals surface area contributed by atoms with E-state index >= 15 is 0 Å². The van der Waals surface area contributed by atoms with Crippen LogP contribution in [0.5, 0.6) is 5.75 Å². The number of aromatic nitrogens is 1. The first-order valence-electron chi connectivity index (χ1n) is 8.69. The lowest BCUT2D eigenvalue weighted by Gasteiger charge is -2.35. The van der Waals surface area contributed by atoms with Crippen LogP contribution in [0.3, 0.4) is 0 Å². The summed E-state index contributed by atoms with van der Waals surface area (Å²) in [5, 5.41) is 3.25. The first-order chi connectivity index (χ1) is 12.6. The van der Waals surface area contributed by atoms with E-state index in [1.165, 1.54) is 0 Å². The molecule has 0 bridgehead atoms. The minimum atomic E-state index is -0.270. The van der Waals surface area contributed by atoms with Gasteiger partial charge in [-0.15, -0.1) is 0 Å². The molecule has 7 heteroatoms. The Morgan fingerprint density at radius 3 is 2.58 bits per heavy atom. The summed E-state index contributed by atoms with van der Waals surface area (Å²) in [6.45, 7) is 7.33. The highest BCUT2D eigenvalue weighted by Crippen LogP contribution is 2.27. The third kappa shape index (κ3) is 4.26. The zero-order valence-electron chi connectivity index (χ0n) is 15.0. The molecular weight excluding hydrogens is 352 g/mol. The van der Waals surface area contributed by atoms with E-state index in [0.29, 0.717) is 22.2 Å². The highest BCUT2D eigenvalue weighted by Gasteiger charge is 2.17. The number of amides is 1. The van der Waals surface area contributed by atoms with Gasteiger partial charge in [-0.05, 0) is 36.9 Å². The summed E-state index contributed by atoms with van der Waals surface area (Å²) in [4.78, 5) is 21.4. The van der Waals surface area contributed by atoms with Crippen molar-refractivity contribution in [2.45, 2.75) is 6.92 Å². The van der Waals surface area contributed by atoms with Crippen molar-refractivity contribution in [2.24, 2.45) is 0 Å². The van der Waals surface area contributed by atoms with E-state index in [-0.39, 0.29) is 5.91 Å². The molecule has 2 aromatic rings. The first kappa shape index (κ1) is 18.5. The van der Waals surface area contributed by atoms with Gasteiger partial charge in [0.2, 0.25) is 0 Å². The molecule has 138 valence electrons. The Morgan fingerprint density at radius 2 is 2.00 bits per heavy atom. The van der Waals surface area contributed by atoms with Gasteiger partial charge in [0.05, 0.1) is 24.0 Å². The number of nitrogens with one attached hydrogen (secondary N) is 1. The van der Waals surface area contributed by atoms with Gasteiger partial charge >= 0.3 is 0 Å². The lowest BCUT2D eigenvalue weighted by molar-refractivity contribution is 0.102.